The Morgan fingerprint density at radius 3 is 2.88 bits per heavy atom. The average molecular weight is 216 g/mol. The molecule has 0 aromatic carbocycles. The number of aryl methyl sites for hydroxylation is 1. The smallest absolute Gasteiger partial charge is 0.222 e. The fourth-order valence-corrected chi connectivity index (χ4v) is 1.37. The molecular formula is C11H12N4O. The second-order valence-corrected chi connectivity index (χ2v) is 3.48. The lowest BCUT2D eigenvalue weighted by molar-refractivity contribution is -0.114. The molecule has 1 amide bonds. The molecule has 2 aromatic heterocycles. The monoisotopic (exact) mass is 216 g/mol. The number of carbonyl (C=O) groups excluding carboxylic acids is 1. The Morgan fingerprint density at radius 1 is 1.44 bits per heavy atom. The van der Waals surface area contributed by atoms with Gasteiger partial charge >= 0.3 is 0 Å². The molecule has 0 atom stereocenters. The number of carbonyl (C=O) groups is 1. The normalized spacial score (nSPS) is 10.1. The van der Waals surface area contributed by atoms with Gasteiger partial charge in [0.1, 0.15) is 5.82 Å². The van der Waals surface area contributed by atoms with Crippen LogP contribution in [-0.2, 0) is 4.79 Å². The summed E-state index contributed by atoms with van der Waals surface area (Å²) in [7, 11) is 0. The molecule has 0 aliphatic heterocycles. The molecule has 0 bridgehead atoms. The van der Waals surface area contributed by atoms with E-state index in [4.69, 9.17) is 0 Å². The number of hydrogen-bond donors (Lipinski definition) is 1. The van der Waals surface area contributed by atoms with Gasteiger partial charge < -0.3 is 5.32 Å². The standard InChI is InChI=1S/C11H12N4O/c1-8-4-6-15(14-8)10-3-5-12-11(7-10)13-9(2)16/h3-7H,1-2H3,(H,12,13,16). The largest absolute Gasteiger partial charge is 0.311 e. The van der Waals surface area contributed by atoms with E-state index in [0.717, 1.165) is 11.4 Å². The zero-order valence-electron chi connectivity index (χ0n) is 9.14. The van der Waals surface area contributed by atoms with E-state index in [1.807, 2.05) is 25.3 Å². The van der Waals surface area contributed by atoms with Gasteiger partial charge in [-0.2, -0.15) is 5.10 Å². The highest BCUT2D eigenvalue weighted by Gasteiger charge is 2.01. The number of nitrogens with zero attached hydrogens (tertiary/aromatic N) is 3. The molecular weight excluding hydrogens is 204 g/mol. The number of pyridine rings is 1. The van der Waals surface area contributed by atoms with Crippen molar-refractivity contribution in [2.75, 3.05) is 5.32 Å². The Morgan fingerprint density at radius 2 is 2.25 bits per heavy atom. The van der Waals surface area contributed by atoms with Crippen LogP contribution in [0.4, 0.5) is 5.82 Å². The first-order chi connectivity index (χ1) is 7.65. The summed E-state index contributed by atoms with van der Waals surface area (Å²) in [6.45, 7) is 3.37. The van der Waals surface area contributed by atoms with Gasteiger partial charge in [0.15, 0.2) is 0 Å². The zero-order valence-corrected chi connectivity index (χ0v) is 9.14. The SMILES string of the molecule is CC(=O)Nc1cc(-n2ccc(C)n2)ccn1. The Hall–Kier alpha value is -2.17. The molecule has 2 heterocycles. The summed E-state index contributed by atoms with van der Waals surface area (Å²) < 4.78 is 1.74. The molecule has 0 saturated carbocycles. The third-order valence-corrected chi connectivity index (χ3v) is 2.03. The van der Waals surface area contributed by atoms with Crippen molar-refractivity contribution in [1.82, 2.24) is 14.8 Å². The molecule has 82 valence electrons. The van der Waals surface area contributed by atoms with E-state index < -0.39 is 0 Å². The minimum Gasteiger partial charge on any atom is -0.311 e. The molecule has 2 rings (SSSR count). The van der Waals surface area contributed by atoms with Crippen LogP contribution in [0.25, 0.3) is 5.69 Å². The highest BCUT2D eigenvalue weighted by atomic mass is 16.1. The van der Waals surface area contributed by atoms with Crippen LogP contribution in [0.2, 0.25) is 0 Å². The molecule has 0 aliphatic carbocycles. The van der Waals surface area contributed by atoms with Crippen molar-refractivity contribution in [3.05, 3.63) is 36.3 Å². The van der Waals surface area contributed by atoms with E-state index in [9.17, 15) is 4.79 Å². The van der Waals surface area contributed by atoms with E-state index in [0.29, 0.717) is 5.82 Å². The topological polar surface area (TPSA) is 59.8 Å². The van der Waals surface area contributed by atoms with Gasteiger partial charge in [0.25, 0.3) is 0 Å². The van der Waals surface area contributed by atoms with Crippen molar-refractivity contribution >= 4 is 11.7 Å². The Kier molecular flexibility index (Phi) is 2.68. The van der Waals surface area contributed by atoms with Crippen LogP contribution < -0.4 is 5.32 Å². The zero-order chi connectivity index (χ0) is 11.5. The van der Waals surface area contributed by atoms with E-state index >= 15 is 0 Å². The third kappa shape index (κ3) is 2.25. The molecule has 0 saturated heterocycles. The molecule has 2 aromatic rings. The van der Waals surface area contributed by atoms with Gasteiger partial charge in [-0.05, 0) is 19.1 Å². The van der Waals surface area contributed by atoms with Gasteiger partial charge in [0.05, 0.1) is 11.4 Å². The quantitative estimate of drug-likeness (QED) is 0.828. The maximum absolute atomic E-state index is 10.9. The van der Waals surface area contributed by atoms with Crippen LogP contribution in [0.5, 0.6) is 0 Å². The average Bonchev–Trinajstić information content (AvgIpc) is 2.64. The van der Waals surface area contributed by atoms with Gasteiger partial charge in [-0.1, -0.05) is 0 Å². The van der Waals surface area contributed by atoms with Crippen molar-refractivity contribution < 1.29 is 4.79 Å². The minimum atomic E-state index is -0.138. The second-order valence-electron chi connectivity index (χ2n) is 3.48. The first-order valence-corrected chi connectivity index (χ1v) is 4.91. The number of nitrogens with one attached hydrogen (secondary N) is 1. The van der Waals surface area contributed by atoms with Crippen LogP contribution in [0, 0.1) is 6.92 Å². The summed E-state index contributed by atoms with van der Waals surface area (Å²) in [4.78, 5) is 14.9. The van der Waals surface area contributed by atoms with Crippen molar-refractivity contribution in [2.45, 2.75) is 13.8 Å². The Bertz CT molecular complexity index is 518. The lowest BCUT2D eigenvalue weighted by Crippen LogP contribution is -2.08. The predicted molar refractivity (Wildman–Crippen MR) is 60.4 cm³/mol. The van der Waals surface area contributed by atoms with Gasteiger partial charge in [0.2, 0.25) is 5.91 Å². The minimum absolute atomic E-state index is 0.138. The van der Waals surface area contributed by atoms with Crippen molar-refractivity contribution in [3.8, 4) is 5.69 Å². The highest BCUT2D eigenvalue weighted by Crippen LogP contribution is 2.11. The summed E-state index contributed by atoms with van der Waals surface area (Å²) >= 11 is 0. The summed E-state index contributed by atoms with van der Waals surface area (Å²) in [6.07, 6.45) is 3.50. The number of amides is 1. The van der Waals surface area contributed by atoms with Gasteiger partial charge in [-0.25, -0.2) is 9.67 Å². The number of hydrogen-bond acceptors (Lipinski definition) is 3. The fourth-order valence-electron chi connectivity index (χ4n) is 1.37. The van der Waals surface area contributed by atoms with Crippen LogP contribution in [0.15, 0.2) is 30.6 Å². The third-order valence-electron chi connectivity index (χ3n) is 2.03. The molecule has 0 radical (unpaired) electrons. The van der Waals surface area contributed by atoms with Gasteiger partial charge in [0, 0.05) is 25.4 Å². The summed E-state index contributed by atoms with van der Waals surface area (Å²) in [6, 6.07) is 5.52. The Labute approximate surface area is 93.1 Å². The maximum Gasteiger partial charge on any atom is 0.222 e. The van der Waals surface area contributed by atoms with Gasteiger partial charge in [-0.3, -0.25) is 4.79 Å². The number of aromatic nitrogens is 3. The molecule has 16 heavy (non-hydrogen) atoms. The van der Waals surface area contributed by atoms with Crippen LogP contribution in [0.3, 0.4) is 0 Å². The van der Waals surface area contributed by atoms with Crippen molar-refractivity contribution in [1.29, 1.82) is 0 Å². The van der Waals surface area contributed by atoms with E-state index in [2.05, 4.69) is 15.4 Å². The van der Waals surface area contributed by atoms with Crippen LogP contribution in [-0.4, -0.2) is 20.7 Å². The van der Waals surface area contributed by atoms with Crippen molar-refractivity contribution in [2.24, 2.45) is 0 Å². The fraction of sp³-hybridized carbons (Fsp3) is 0.182. The first-order valence-electron chi connectivity index (χ1n) is 4.91. The summed E-state index contributed by atoms with van der Waals surface area (Å²) in [5, 5.41) is 6.91. The molecule has 1 N–H and O–H groups in total. The maximum atomic E-state index is 10.9. The molecule has 0 aliphatic rings. The molecule has 0 fully saturated rings. The predicted octanol–water partition coefficient (Wildman–Crippen LogP) is 1.53. The molecule has 0 unspecified atom stereocenters. The number of anilines is 1. The second kappa shape index (κ2) is 4.14. The number of rotatable bonds is 2. The molecule has 0 spiro atoms. The molecule has 5 heteroatoms. The van der Waals surface area contributed by atoms with Crippen molar-refractivity contribution in [3.63, 3.8) is 0 Å². The highest BCUT2D eigenvalue weighted by molar-refractivity contribution is 5.87. The van der Waals surface area contributed by atoms with E-state index in [1.54, 1.807) is 16.9 Å². The van der Waals surface area contributed by atoms with Crippen LogP contribution in [0.1, 0.15) is 12.6 Å². The van der Waals surface area contributed by atoms with E-state index in [1.165, 1.54) is 6.92 Å². The summed E-state index contributed by atoms with van der Waals surface area (Å²) in [5.41, 5.74) is 1.81. The Balaban J connectivity index is 2.32. The summed E-state index contributed by atoms with van der Waals surface area (Å²) in [5.74, 6) is 0.388. The lowest BCUT2D eigenvalue weighted by atomic mass is 10.4. The first kappa shape index (κ1) is 10.4. The van der Waals surface area contributed by atoms with E-state index in [-0.39, 0.29) is 5.91 Å². The van der Waals surface area contributed by atoms with Gasteiger partial charge in [-0.15, -0.1) is 0 Å². The van der Waals surface area contributed by atoms with Crippen LogP contribution >= 0.6 is 0 Å². The molecule has 5 nitrogen and oxygen atoms in total. The lowest BCUT2D eigenvalue weighted by Gasteiger charge is -2.04.